The van der Waals surface area contributed by atoms with Gasteiger partial charge in [-0.05, 0) is 23.8 Å². The van der Waals surface area contributed by atoms with Crippen molar-refractivity contribution in [2.75, 3.05) is 0 Å². The van der Waals surface area contributed by atoms with Crippen LogP contribution in [0.1, 0.15) is 5.56 Å². The summed E-state index contributed by atoms with van der Waals surface area (Å²) in [5, 5.41) is 3.14. The summed E-state index contributed by atoms with van der Waals surface area (Å²) in [5.41, 5.74) is 0.358. The van der Waals surface area contributed by atoms with Crippen molar-refractivity contribution in [1.82, 2.24) is 19.4 Å². The van der Waals surface area contributed by atoms with E-state index in [0.29, 0.717) is 17.4 Å². The van der Waals surface area contributed by atoms with Gasteiger partial charge in [0.05, 0.1) is 10.9 Å². The Bertz CT molecular complexity index is 1070. The second-order valence-corrected chi connectivity index (χ2v) is 5.73. The molecule has 0 unspecified atom stereocenters. The second kappa shape index (κ2) is 7.60. The topological polar surface area (TPSA) is 86.0 Å². The first kappa shape index (κ1) is 17.3. The van der Waals surface area contributed by atoms with Crippen molar-refractivity contribution in [1.29, 1.82) is 0 Å². The molecular formula is C19H18N4O3. The van der Waals surface area contributed by atoms with Crippen LogP contribution in [0.25, 0.3) is 10.9 Å². The van der Waals surface area contributed by atoms with E-state index in [4.69, 9.17) is 0 Å². The van der Waals surface area contributed by atoms with Crippen molar-refractivity contribution in [3.05, 3.63) is 87.8 Å². The van der Waals surface area contributed by atoms with Gasteiger partial charge in [-0.1, -0.05) is 24.3 Å². The summed E-state index contributed by atoms with van der Waals surface area (Å²) in [7, 11) is 0. The summed E-state index contributed by atoms with van der Waals surface area (Å²) < 4.78 is 2.38. The lowest BCUT2D eigenvalue weighted by Crippen LogP contribution is -2.42. The summed E-state index contributed by atoms with van der Waals surface area (Å²) in [6, 6.07) is 10.4. The number of hydrogen-bond donors (Lipinski definition) is 1. The maximum absolute atomic E-state index is 12.7. The Labute approximate surface area is 149 Å². The second-order valence-electron chi connectivity index (χ2n) is 5.73. The highest BCUT2D eigenvalue weighted by atomic mass is 16.2. The highest BCUT2D eigenvalue weighted by Crippen LogP contribution is 2.07. The molecular weight excluding hydrogens is 332 g/mol. The number of carbonyl (C=O) groups excluding carboxylic acids is 1. The molecule has 3 aromatic rings. The molecule has 0 bridgehead atoms. The first-order chi connectivity index (χ1) is 12.6. The molecule has 0 atom stereocenters. The van der Waals surface area contributed by atoms with E-state index in [0.717, 1.165) is 10.1 Å². The molecule has 7 heteroatoms. The number of nitrogens with zero attached hydrogens (tertiary/aromatic N) is 3. The predicted molar refractivity (Wildman–Crippen MR) is 98.7 cm³/mol. The third-order valence-electron chi connectivity index (χ3n) is 3.96. The Hall–Kier alpha value is -3.48. The van der Waals surface area contributed by atoms with Gasteiger partial charge in [-0.2, -0.15) is 0 Å². The Morgan fingerprint density at radius 3 is 2.69 bits per heavy atom. The van der Waals surface area contributed by atoms with E-state index in [1.54, 1.807) is 42.7 Å². The van der Waals surface area contributed by atoms with Crippen LogP contribution in [-0.4, -0.2) is 20.0 Å². The summed E-state index contributed by atoms with van der Waals surface area (Å²) >= 11 is 0. The van der Waals surface area contributed by atoms with Crippen molar-refractivity contribution in [3.63, 3.8) is 0 Å². The molecule has 0 radical (unpaired) electrons. The summed E-state index contributed by atoms with van der Waals surface area (Å²) in [6.45, 7) is 3.79. The van der Waals surface area contributed by atoms with Crippen LogP contribution >= 0.6 is 0 Å². The van der Waals surface area contributed by atoms with Crippen molar-refractivity contribution < 1.29 is 4.79 Å². The van der Waals surface area contributed by atoms with Crippen LogP contribution < -0.4 is 16.6 Å². The number of amides is 1. The van der Waals surface area contributed by atoms with Gasteiger partial charge in [0.25, 0.3) is 5.56 Å². The van der Waals surface area contributed by atoms with Crippen molar-refractivity contribution in [3.8, 4) is 0 Å². The molecule has 2 aromatic heterocycles. The molecule has 1 amide bonds. The number of nitrogens with one attached hydrogen (secondary N) is 1. The van der Waals surface area contributed by atoms with Crippen molar-refractivity contribution in [2.45, 2.75) is 19.6 Å². The standard InChI is InChI=1S/C19H18N4O3/c1-2-10-22-18(25)15-7-3-4-8-16(15)23(19(22)26)13-17(24)21-12-14-6-5-9-20-11-14/h2-9,11H,1,10,12-13H2,(H,21,24). The number of benzene rings is 1. The molecule has 2 heterocycles. The number of allylic oxidation sites excluding steroid dienone is 1. The average molecular weight is 350 g/mol. The summed E-state index contributed by atoms with van der Waals surface area (Å²) in [6.07, 6.45) is 4.79. The number of para-hydroxylation sites is 1. The zero-order valence-corrected chi connectivity index (χ0v) is 14.1. The van der Waals surface area contributed by atoms with Crippen LogP contribution in [0.2, 0.25) is 0 Å². The van der Waals surface area contributed by atoms with E-state index < -0.39 is 11.2 Å². The van der Waals surface area contributed by atoms with Crippen LogP contribution in [0.5, 0.6) is 0 Å². The van der Waals surface area contributed by atoms with Crippen LogP contribution in [0.3, 0.4) is 0 Å². The molecule has 0 aliphatic heterocycles. The monoisotopic (exact) mass is 350 g/mol. The fraction of sp³-hybridized carbons (Fsp3) is 0.158. The van der Waals surface area contributed by atoms with Gasteiger partial charge in [-0.3, -0.25) is 23.7 Å². The normalized spacial score (nSPS) is 10.6. The third kappa shape index (κ3) is 3.46. The largest absolute Gasteiger partial charge is 0.350 e. The zero-order chi connectivity index (χ0) is 18.5. The molecule has 1 aromatic carbocycles. The number of fused-ring (bicyclic) bond motifs is 1. The minimum absolute atomic E-state index is 0.0831. The van der Waals surface area contributed by atoms with E-state index in [1.165, 1.54) is 10.6 Å². The van der Waals surface area contributed by atoms with Gasteiger partial charge < -0.3 is 5.32 Å². The van der Waals surface area contributed by atoms with Gasteiger partial charge in [0.15, 0.2) is 0 Å². The first-order valence-corrected chi connectivity index (χ1v) is 8.10. The van der Waals surface area contributed by atoms with Crippen LogP contribution in [0.4, 0.5) is 0 Å². The van der Waals surface area contributed by atoms with Gasteiger partial charge >= 0.3 is 5.69 Å². The maximum Gasteiger partial charge on any atom is 0.332 e. The lowest BCUT2D eigenvalue weighted by Gasteiger charge is -2.13. The van der Waals surface area contributed by atoms with E-state index in [2.05, 4.69) is 16.9 Å². The molecule has 132 valence electrons. The van der Waals surface area contributed by atoms with E-state index >= 15 is 0 Å². The molecule has 0 aliphatic rings. The molecule has 0 fully saturated rings. The highest BCUT2D eigenvalue weighted by molar-refractivity contribution is 5.81. The smallest absolute Gasteiger partial charge is 0.332 e. The van der Waals surface area contributed by atoms with Crippen molar-refractivity contribution in [2.24, 2.45) is 0 Å². The van der Waals surface area contributed by atoms with Gasteiger partial charge in [0.2, 0.25) is 5.91 Å². The Balaban J connectivity index is 1.94. The molecule has 0 spiro atoms. The van der Waals surface area contributed by atoms with Crippen LogP contribution in [0, 0.1) is 0 Å². The van der Waals surface area contributed by atoms with Crippen molar-refractivity contribution >= 4 is 16.8 Å². The minimum Gasteiger partial charge on any atom is -0.350 e. The number of rotatable bonds is 6. The third-order valence-corrected chi connectivity index (χ3v) is 3.96. The first-order valence-electron chi connectivity index (χ1n) is 8.10. The molecule has 26 heavy (non-hydrogen) atoms. The fourth-order valence-corrected chi connectivity index (χ4v) is 2.72. The van der Waals surface area contributed by atoms with Gasteiger partial charge in [-0.25, -0.2) is 4.79 Å². The molecule has 1 N–H and O–H groups in total. The number of carbonyl (C=O) groups is 1. The van der Waals surface area contributed by atoms with Crippen LogP contribution in [0.15, 0.2) is 71.0 Å². The van der Waals surface area contributed by atoms with E-state index in [9.17, 15) is 14.4 Å². The van der Waals surface area contributed by atoms with E-state index in [-0.39, 0.29) is 19.0 Å². The molecule has 0 saturated heterocycles. The van der Waals surface area contributed by atoms with Gasteiger partial charge in [-0.15, -0.1) is 6.58 Å². The summed E-state index contributed by atoms with van der Waals surface area (Å²) in [5.74, 6) is -0.329. The Kier molecular flexibility index (Phi) is 5.07. The maximum atomic E-state index is 12.7. The molecule has 0 saturated carbocycles. The van der Waals surface area contributed by atoms with Crippen LogP contribution in [-0.2, 0) is 24.4 Å². The lowest BCUT2D eigenvalue weighted by molar-refractivity contribution is -0.121. The number of pyridine rings is 1. The predicted octanol–water partition coefficient (Wildman–Crippen LogP) is 1.06. The van der Waals surface area contributed by atoms with Gasteiger partial charge in [0.1, 0.15) is 6.54 Å². The molecule has 7 nitrogen and oxygen atoms in total. The number of hydrogen-bond acceptors (Lipinski definition) is 4. The minimum atomic E-state index is -0.537. The molecule has 3 rings (SSSR count). The number of aromatic nitrogens is 3. The zero-order valence-electron chi connectivity index (χ0n) is 14.1. The molecule has 0 aliphatic carbocycles. The Morgan fingerprint density at radius 1 is 1.15 bits per heavy atom. The van der Waals surface area contributed by atoms with E-state index in [1.807, 2.05) is 6.07 Å². The Morgan fingerprint density at radius 2 is 1.96 bits per heavy atom. The fourth-order valence-electron chi connectivity index (χ4n) is 2.72. The quantitative estimate of drug-likeness (QED) is 0.674. The van der Waals surface area contributed by atoms with Gasteiger partial charge in [0, 0.05) is 25.5 Å². The SMILES string of the molecule is C=CCn1c(=O)c2ccccc2n(CC(=O)NCc2cccnc2)c1=O. The lowest BCUT2D eigenvalue weighted by atomic mass is 10.2. The summed E-state index contributed by atoms with van der Waals surface area (Å²) in [4.78, 5) is 41.5. The highest BCUT2D eigenvalue weighted by Gasteiger charge is 2.14. The average Bonchev–Trinajstić information content (AvgIpc) is 2.67.